The quantitative estimate of drug-likeness (QED) is 0.825. The van der Waals surface area contributed by atoms with Gasteiger partial charge in [-0.15, -0.1) is 0 Å². The van der Waals surface area contributed by atoms with E-state index in [9.17, 15) is 5.11 Å². The monoisotopic (exact) mass is 239 g/mol. The number of aromatic hydroxyl groups is 1. The predicted molar refractivity (Wildman–Crippen MR) is 50.7 cm³/mol. The highest BCUT2D eigenvalue weighted by molar-refractivity contribution is 9.10. The first-order valence-electron chi connectivity index (χ1n) is 3.63. The average molecular weight is 240 g/mol. The minimum Gasteiger partial charge on any atom is -0.504 e. The zero-order chi connectivity index (χ0) is 9.26. The highest BCUT2D eigenvalue weighted by atomic mass is 79.9. The van der Waals surface area contributed by atoms with Gasteiger partial charge in [0.1, 0.15) is 0 Å². The molecule has 0 fully saturated rings. The summed E-state index contributed by atoms with van der Waals surface area (Å²) in [5.74, 6) is 0.764. The van der Waals surface area contributed by atoms with Crippen molar-refractivity contribution in [1.82, 2.24) is 14.8 Å². The number of pyridine rings is 1. The van der Waals surface area contributed by atoms with Crippen LogP contribution in [-0.2, 0) is 0 Å². The van der Waals surface area contributed by atoms with Gasteiger partial charge in [0.2, 0.25) is 0 Å². The number of hydrogen-bond donors (Lipinski definition) is 1. The maximum Gasteiger partial charge on any atom is 0.168 e. The molecule has 0 aliphatic carbocycles. The van der Waals surface area contributed by atoms with E-state index in [0.29, 0.717) is 10.4 Å². The van der Waals surface area contributed by atoms with Gasteiger partial charge in [0.05, 0.1) is 6.20 Å². The third-order valence-electron chi connectivity index (χ3n) is 1.56. The average Bonchev–Trinajstić information content (AvgIpc) is 2.49. The molecule has 1 N–H and O–H groups in total. The molecule has 2 heterocycles. The first kappa shape index (κ1) is 8.25. The molecule has 0 bridgehead atoms. The molecule has 0 atom stereocenters. The van der Waals surface area contributed by atoms with Gasteiger partial charge in [-0.25, -0.2) is 9.67 Å². The van der Waals surface area contributed by atoms with Gasteiger partial charge in [-0.3, -0.25) is 0 Å². The molecule has 2 aromatic heterocycles. The second kappa shape index (κ2) is 3.18. The molecule has 0 aliphatic rings. The largest absolute Gasteiger partial charge is 0.504 e. The number of nitrogens with zero attached hydrogens (tertiary/aromatic N) is 3. The molecule has 0 spiro atoms. The first-order valence-corrected chi connectivity index (χ1v) is 4.42. The summed E-state index contributed by atoms with van der Waals surface area (Å²) in [5, 5.41) is 13.2. The van der Waals surface area contributed by atoms with Crippen LogP contribution in [0.25, 0.3) is 5.82 Å². The number of hydrogen-bond acceptors (Lipinski definition) is 3. The van der Waals surface area contributed by atoms with Crippen LogP contribution < -0.4 is 0 Å². The Kier molecular flexibility index (Phi) is 2.02. The van der Waals surface area contributed by atoms with Crippen LogP contribution in [0.15, 0.2) is 35.2 Å². The fraction of sp³-hybridized carbons (Fsp3) is 0. The van der Waals surface area contributed by atoms with Crippen molar-refractivity contribution in [1.29, 1.82) is 0 Å². The van der Waals surface area contributed by atoms with Crippen molar-refractivity contribution < 1.29 is 5.11 Å². The van der Waals surface area contributed by atoms with Gasteiger partial charge in [-0.1, -0.05) is 6.07 Å². The molecular weight excluding hydrogens is 234 g/mol. The number of aromatic nitrogens is 3. The third kappa shape index (κ3) is 1.42. The lowest BCUT2D eigenvalue weighted by Crippen LogP contribution is -1.98. The lowest BCUT2D eigenvalue weighted by atomic mass is 10.5. The molecule has 0 aromatic carbocycles. The van der Waals surface area contributed by atoms with Crippen LogP contribution in [-0.4, -0.2) is 19.9 Å². The van der Waals surface area contributed by atoms with Gasteiger partial charge in [0.15, 0.2) is 16.2 Å². The summed E-state index contributed by atoms with van der Waals surface area (Å²) in [7, 11) is 0. The van der Waals surface area contributed by atoms with E-state index in [1.165, 1.54) is 10.9 Å². The van der Waals surface area contributed by atoms with Gasteiger partial charge >= 0.3 is 0 Å². The van der Waals surface area contributed by atoms with Gasteiger partial charge < -0.3 is 5.11 Å². The van der Waals surface area contributed by atoms with E-state index in [0.717, 1.165) is 0 Å². The Bertz CT molecular complexity index is 413. The van der Waals surface area contributed by atoms with Crippen LogP contribution >= 0.6 is 15.9 Å². The molecule has 66 valence electrons. The minimum absolute atomic E-state index is 0.102. The van der Waals surface area contributed by atoms with Crippen LogP contribution in [0.4, 0.5) is 0 Å². The molecule has 5 heteroatoms. The predicted octanol–water partition coefficient (Wildman–Crippen LogP) is 1.74. The zero-order valence-corrected chi connectivity index (χ0v) is 8.14. The molecule has 0 saturated heterocycles. The van der Waals surface area contributed by atoms with Crippen LogP contribution in [0.5, 0.6) is 5.75 Å². The molecular formula is C8H6BrN3O. The van der Waals surface area contributed by atoms with E-state index in [2.05, 4.69) is 26.0 Å². The molecule has 0 aliphatic heterocycles. The van der Waals surface area contributed by atoms with Crippen molar-refractivity contribution in [3.8, 4) is 11.6 Å². The molecule has 13 heavy (non-hydrogen) atoms. The first-order chi connectivity index (χ1) is 6.29. The molecule has 0 radical (unpaired) electrons. The molecule has 2 rings (SSSR count). The fourth-order valence-corrected chi connectivity index (χ4v) is 1.34. The Morgan fingerprint density at radius 2 is 2.23 bits per heavy atom. The van der Waals surface area contributed by atoms with Crippen molar-refractivity contribution in [2.75, 3.05) is 0 Å². The van der Waals surface area contributed by atoms with Gasteiger partial charge in [-0.05, 0) is 28.1 Å². The van der Waals surface area contributed by atoms with Crippen LogP contribution in [0.3, 0.4) is 0 Å². The van der Waals surface area contributed by atoms with Crippen LogP contribution in [0.2, 0.25) is 0 Å². The summed E-state index contributed by atoms with van der Waals surface area (Å²) in [6.07, 6.45) is 3.03. The minimum atomic E-state index is 0.102. The summed E-state index contributed by atoms with van der Waals surface area (Å²) in [4.78, 5) is 4.08. The summed E-state index contributed by atoms with van der Waals surface area (Å²) in [6, 6.07) is 5.48. The fourth-order valence-electron chi connectivity index (χ4n) is 0.964. The summed E-state index contributed by atoms with van der Waals surface area (Å²) >= 11 is 3.20. The van der Waals surface area contributed by atoms with E-state index in [-0.39, 0.29) is 5.75 Å². The van der Waals surface area contributed by atoms with Crippen molar-refractivity contribution in [3.63, 3.8) is 0 Å². The van der Waals surface area contributed by atoms with E-state index in [1.807, 2.05) is 12.1 Å². The Morgan fingerprint density at radius 1 is 1.38 bits per heavy atom. The van der Waals surface area contributed by atoms with Crippen LogP contribution in [0, 0.1) is 0 Å². The normalized spacial score (nSPS) is 10.2. The van der Waals surface area contributed by atoms with Gasteiger partial charge in [0, 0.05) is 6.20 Å². The molecule has 4 nitrogen and oxygen atoms in total. The SMILES string of the molecule is Oc1cnn(-c2ccccn2)c1Br. The van der Waals surface area contributed by atoms with E-state index in [1.54, 1.807) is 12.3 Å². The van der Waals surface area contributed by atoms with Crippen molar-refractivity contribution in [2.24, 2.45) is 0 Å². The van der Waals surface area contributed by atoms with Crippen molar-refractivity contribution in [2.45, 2.75) is 0 Å². The summed E-state index contributed by atoms with van der Waals surface area (Å²) in [5.41, 5.74) is 0. The van der Waals surface area contributed by atoms with Gasteiger partial charge in [-0.2, -0.15) is 5.10 Å². The number of halogens is 1. The maximum absolute atomic E-state index is 9.24. The topological polar surface area (TPSA) is 50.9 Å². The molecule has 0 saturated carbocycles. The number of rotatable bonds is 1. The third-order valence-corrected chi connectivity index (χ3v) is 2.30. The Balaban J connectivity index is 2.53. The van der Waals surface area contributed by atoms with E-state index >= 15 is 0 Å². The Morgan fingerprint density at radius 3 is 2.77 bits per heavy atom. The molecule has 2 aromatic rings. The van der Waals surface area contributed by atoms with Crippen molar-refractivity contribution in [3.05, 3.63) is 35.2 Å². The Labute approximate surface area is 83.0 Å². The van der Waals surface area contributed by atoms with Gasteiger partial charge in [0.25, 0.3) is 0 Å². The van der Waals surface area contributed by atoms with E-state index < -0.39 is 0 Å². The molecule has 0 amide bonds. The highest BCUT2D eigenvalue weighted by Crippen LogP contribution is 2.24. The standard InChI is InChI=1S/C8H6BrN3O/c9-8-6(13)5-11-12(8)7-3-1-2-4-10-7/h1-5,13H. The lowest BCUT2D eigenvalue weighted by Gasteiger charge is -1.99. The maximum atomic E-state index is 9.24. The summed E-state index contributed by atoms with van der Waals surface area (Å²) in [6.45, 7) is 0. The van der Waals surface area contributed by atoms with Crippen molar-refractivity contribution >= 4 is 15.9 Å². The second-order valence-electron chi connectivity index (χ2n) is 2.42. The van der Waals surface area contributed by atoms with E-state index in [4.69, 9.17) is 0 Å². The smallest absolute Gasteiger partial charge is 0.168 e. The summed E-state index contributed by atoms with van der Waals surface area (Å²) < 4.78 is 2.02. The second-order valence-corrected chi connectivity index (χ2v) is 3.17. The zero-order valence-electron chi connectivity index (χ0n) is 6.55. The molecule has 0 unspecified atom stereocenters. The highest BCUT2D eigenvalue weighted by Gasteiger charge is 2.07. The lowest BCUT2D eigenvalue weighted by molar-refractivity contribution is 0.471. The Hall–Kier alpha value is -1.36. The van der Waals surface area contributed by atoms with Crippen LogP contribution in [0.1, 0.15) is 0 Å².